The molecule has 4 aromatic carbocycles. The molecule has 0 radical (unpaired) electrons. The number of amides is 2. The third kappa shape index (κ3) is 9.30. The van der Waals surface area contributed by atoms with E-state index in [2.05, 4.69) is 5.32 Å². The summed E-state index contributed by atoms with van der Waals surface area (Å²) in [6.45, 7) is 1.18. The lowest BCUT2D eigenvalue weighted by molar-refractivity contribution is -0.140. The highest BCUT2D eigenvalue weighted by molar-refractivity contribution is 7.92. The Morgan fingerprint density at radius 3 is 2.10 bits per heavy atom. The van der Waals surface area contributed by atoms with Gasteiger partial charge in [0.25, 0.3) is 10.0 Å². The van der Waals surface area contributed by atoms with Gasteiger partial charge < -0.3 is 10.2 Å². The molecule has 0 fully saturated rings. The molecular weight excluding hydrogens is 686 g/mol. The van der Waals surface area contributed by atoms with E-state index < -0.39 is 56.9 Å². The highest BCUT2D eigenvalue weighted by atomic mass is 35.5. The molecule has 4 rings (SSSR count). The number of hydrogen-bond acceptors (Lipinski definition) is 4. The van der Waals surface area contributed by atoms with Crippen LogP contribution in [0, 0.1) is 0 Å². The van der Waals surface area contributed by atoms with Crippen molar-refractivity contribution in [2.45, 2.75) is 49.8 Å². The standard InChI is InChI=1S/C35H34Cl2F3N3O4S/c1-2-3-20-41-34(45)32(21-25-12-6-4-7-13-25)42(23-26-14-10-11-17-30(26)36)33(44)24-43(48(46,47)28-15-8-5-9-16-28)27-18-19-31(37)29(22-27)35(38,39)40/h4-19,22,32H,2-3,20-21,23-24H2,1H3,(H,41,45)/t32-/m0/s1. The smallest absolute Gasteiger partial charge is 0.354 e. The lowest BCUT2D eigenvalue weighted by Gasteiger charge is -2.34. The number of rotatable bonds is 14. The van der Waals surface area contributed by atoms with Gasteiger partial charge in [0, 0.05) is 24.5 Å². The molecule has 7 nitrogen and oxygen atoms in total. The first kappa shape index (κ1) is 36.8. The molecule has 0 bridgehead atoms. The normalized spacial score (nSPS) is 12.3. The Morgan fingerprint density at radius 1 is 0.854 bits per heavy atom. The Kier molecular flexibility index (Phi) is 12.5. The fourth-order valence-corrected chi connectivity index (χ4v) is 6.85. The Morgan fingerprint density at radius 2 is 1.48 bits per heavy atom. The fourth-order valence-electron chi connectivity index (χ4n) is 5.00. The largest absolute Gasteiger partial charge is 0.417 e. The number of anilines is 1. The molecule has 1 atom stereocenters. The minimum Gasteiger partial charge on any atom is -0.354 e. The van der Waals surface area contributed by atoms with Crippen LogP contribution in [-0.4, -0.2) is 44.3 Å². The van der Waals surface area contributed by atoms with Gasteiger partial charge in [0.15, 0.2) is 0 Å². The van der Waals surface area contributed by atoms with Crippen molar-refractivity contribution in [1.29, 1.82) is 0 Å². The average molecular weight is 721 g/mol. The third-order valence-corrected chi connectivity index (χ3v) is 10.0. The number of carbonyl (C=O) groups excluding carboxylic acids is 2. The molecule has 0 unspecified atom stereocenters. The lowest BCUT2D eigenvalue weighted by atomic mass is 10.0. The zero-order chi connectivity index (χ0) is 34.9. The number of carbonyl (C=O) groups is 2. The van der Waals surface area contributed by atoms with Gasteiger partial charge in [-0.1, -0.05) is 103 Å². The van der Waals surface area contributed by atoms with Crippen LogP contribution >= 0.6 is 23.2 Å². The SMILES string of the molecule is CCCCNC(=O)[C@H](Cc1ccccc1)N(Cc1ccccc1Cl)C(=O)CN(c1ccc(Cl)c(C(F)(F)F)c1)S(=O)(=O)c1ccccc1. The summed E-state index contributed by atoms with van der Waals surface area (Å²) in [5, 5.41) is 2.54. The van der Waals surface area contributed by atoms with Crippen molar-refractivity contribution in [3.63, 3.8) is 0 Å². The first-order chi connectivity index (χ1) is 22.8. The first-order valence-corrected chi connectivity index (χ1v) is 17.3. The van der Waals surface area contributed by atoms with E-state index in [0.717, 1.165) is 24.1 Å². The molecule has 1 N–H and O–H groups in total. The summed E-state index contributed by atoms with van der Waals surface area (Å²) in [7, 11) is -4.61. The molecule has 4 aromatic rings. The molecule has 0 aliphatic heterocycles. The van der Waals surface area contributed by atoms with Gasteiger partial charge in [0.1, 0.15) is 12.6 Å². The minimum atomic E-state index is -4.91. The third-order valence-electron chi connectivity index (χ3n) is 7.55. The molecule has 254 valence electrons. The molecule has 0 aliphatic rings. The van der Waals surface area contributed by atoms with Gasteiger partial charge in [0.05, 0.1) is 21.2 Å². The maximum atomic E-state index is 14.5. The Balaban J connectivity index is 1.85. The predicted octanol–water partition coefficient (Wildman–Crippen LogP) is 7.76. The molecule has 48 heavy (non-hydrogen) atoms. The van der Waals surface area contributed by atoms with E-state index in [1.165, 1.54) is 29.2 Å². The van der Waals surface area contributed by atoms with E-state index in [1.807, 2.05) is 6.92 Å². The van der Waals surface area contributed by atoms with Crippen molar-refractivity contribution in [1.82, 2.24) is 10.2 Å². The number of nitrogens with one attached hydrogen (secondary N) is 1. The fraction of sp³-hybridized carbons (Fsp3) is 0.257. The molecule has 2 amide bonds. The van der Waals surface area contributed by atoms with E-state index in [9.17, 15) is 31.2 Å². The lowest BCUT2D eigenvalue weighted by Crippen LogP contribution is -2.53. The molecule has 0 aliphatic carbocycles. The number of unbranched alkanes of at least 4 members (excludes halogenated alkanes) is 1. The molecule has 0 saturated heterocycles. The number of alkyl halides is 3. The maximum Gasteiger partial charge on any atom is 0.417 e. The molecule has 0 spiro atoms. The van der Waals surface area contributed by atoms with Gasteiger partial charge in [-0.05, 0) is 53.9 Å². The average Bonchev–Trinajstić information content (AvgIpc) is 3.06. The van der Waals surface area contributed by atoms with Gasteiger partial charge in [-0.25, -0.2) is 8.42 Å². The zero-order valence-electron chi connectivity index (χ0n) is 26.0. The van der Waals surface area contributed by atoms with Gasteiger partial charge in [0.2, 0.25) is 11.8 Å². The maximum absolute atomic E-state index is 14.5. The van der Waals surface area contributed by atoms with Crippen LogP contribution in [0.3, 0.4) is 0 Å². The van der Waals surface area contributed by atoms with Crippen molar-refractivity contribution in [2.75, 3.05) is 17.4 Å². The molecule has 0 aromatic heterocycles. The molecule has 0 saturated carbocycles. The molecule has 13 heteroatoms. The second kappa shape index (κ2) is 16.4. The first-order valence-electron chi connectivity index (χ1n) is 15.1. The molecule has 0 heterocycles. The minimum absolute atomic E-state index is 0.0690. The highest BCUT2D eigenvalue weighted by Crippen LogP contribution is 2.38. The Bertz CT molecular complexity index is 1810. The quantitative estimate of drug-likeness (QED) is 0.135. The van der Waals surface area contributed by atoms with E-state index in [-0.39, 0.29) is 17.9 Å². The van der Waals surface area contributed by atoms with Crippen molar-refractivity contribution in [3.8, 4) is 0 Å². The summed E-state index contributed by atoms with van der Waals surface area (Å²) in [5.41, 5.74) is -0.497. The Labute approximate surface area is 288 Å². The summed E-state index contributed by atoms with van der Waals surface area (Å²) in [6, 6.07) is 24.2. The van der Waals surface area contributed by atoms with Gasteiger partial charge in [-0.2, -0.15) is 13.2 Å². The second-order valence-electron chi connectivity index (χ2n) is 10.9. The number of benzene rings is 4. The van der Waals surface area contributed by atoms with E-state index in [4.69, 9.17) is 23.2 Å². The predicted molar refractivity (Wildman–Crippen MR) is 181 cm³/mol. The second-order valence-corrected chi connectivity index (χ2v) is 13.6. The number of nitrogens with zero attached hydrogens (tertiary/aromatic N) is 2. The van der Waals surface area contributed by atoms with E-state index >= 15 is 0 Å². The Hall–Kier alpha value is -4.06. The van der Waals surface area contributed by atoms with Crippen LogP contribution in [0.2, 0.25) is 10.0 Å². The van der Waals surface area contributed by atoms with Crippen LogP contribution < -0.4 is 9.62 Å². The van der Waals surface area contributed by atoms with Crippen LogP contribution in [0.25, 0.3) is 0 Å². The van der Waals surface area contributed by atoms with Gasteiger partial charge in [-0.3, -0.25) is 13.9 Å². The van der Waals surface area contributed by atoms with Crippen LogP contribution in [0.15, 0.2) is 108 Å². The van der Waals surface area contributed by atoms with E-state index in [1.54, 1.807) is 60.7 Å². The number of hydrogen-bond donors (Lipinski definition) is 1. The summed E-state index contributed by atoms with van der Waals surface area (Å²) in [4.78, 5) is 29.3. The summed E-state index contributed by atoms with van der Waals surface area (Å²) >= 11 is 12.3. The van der Waals surface area contributed by atoms with Crippen molar-refractivity contribution >= 4 is 50.7 Å². The van der Waals surface area contributed by atoms with E-state index in [0.29, 0.717) is 33.9 Å². The monoisotopic (exact) mass is 719 g/mol. The van der Waals surface area contributed by atoms with Gasteiger partial charge in [-0.15, -0.1) is 0 Å². The summed E-state index contributed by atoms with van der Waals surface area (Å²) in [5.74, 6) is -1.32. The number of sulfonamides is 1. The summed E-state index contributed by atoms with van der Waals surface area (Å²) in [6.07, 6.45) is -3.35. The topological polar surface area (TPSA) is 86.8 Å². The van der Waals surface area contributed by atoms with Crippen molar-refractivity contribution < 1.29 is 31.2 Å². The van der Waals surface area contributed by atoms with Crippen molar-refractivity contribution in [2.24, 2.45) is 0 Å². The number of halogens is 5. The van der Waals surface area contributed by atoms with Gasteiger partial charge >= 0.3 is 6.18 Å². The zero-order valence-corrected chi connectivity index (χ0v) is 28.3. The van der Waals surface area contributed by atoms with Crippen LogP contribution in [-0.2, 0) is 38.8 Å². The van der Waals surface area contributed by atoms with Crippen LogP contribution in [0.1, 0.15) is 36.5 Å². The molecular formula is C35H34Cl2F3N3O4S. The van der Waals surface area contributed by atoms with Crippen LogP contribution in [0.4, 0.5) is 18.9 Å². The summed E-state index contributed by atoms with van der Waals surface area (Å²) < 4.78 is 70.5. The van der Waals surface area contributed by atoms with Crippen LogP contribution in [0.5, 0.6) is 0 Å². The van der Waals surface area contributed by atoms with Crippen molar-refractivity contribution in [3.05, 3.63) is 130 Å². The highest BCUT2D eigenvalue weighted by Gasteiger charge is 2.37.